The zero-order valence-corrected chi connectivity index (χ0v) is 19.7. The first-order chi connectivity index (χ1) is 11.6. The second kappa shape index (κ2) is 11.0. The molecule has 0 heterocycles. The normalized spacial score (nSPS) is 12.3. The van der Waals surface area contributed by atoms with E-state index in [2.05, 4.69) is 28.6 Å². The molecule has 0 aromatic heterocycles. The third-order valence-corrected chi connectivity index (χ3v) is 6.23. The number of guanidine groups is 1. The Bertz CT molecular complexity index is 704. The molecule has 0 aliphatic rings. The molecule has 1 rings (SSSR count). The zero-order chi connectivity index (χ0) is 19.1. The van der Waals surface area contributed by atoms with Crippen molar-refractivity contribution in [3.8, 4) is 5.75 Å². The Morgan fingerprint density at radius 3 is 2.46 bits per heavy atom. The summed E-state index contributed by atoms with van der Waals surface area (Å²) >= 11 is 0. The van der Waals surface area contributed by atoms with Crippen molar-refractivity contribution in [2.45, 2.75) is 38.9 Å². The van der Waals surface area contributed by atoms with E-state index in [0.29, 0.717) is 19.0 Å². The van der Waals surface area contributed by atoms with Gasteiger partial charge in [-0.25, -0.2) is 8.42 Å². The summed E-state index contributed by atoms with van der Waals surface area (Å²) in [6.07, 6.45) is 2.03. The van der Waals surface area contributed by atoms with Gasteiger partial charge in [0, 0.05) is 19.3 Å². The number of sulfone groups is 1. The largest absolute Gasteiger partial charge is 0.496 e. The highest BCUT2D eigenvalue weighted by molar-refractivity contribution is 14.0. The van der Waals surface area contributed by atoms with Crippen LogP contribution in [0, 0.1) is 6.92 Å². The van der Waals surface area contributed by atoms with Crippen LogP contribution < -0.4 is 15.4 Å². The van der Waals surface area contributed by atoms with E-state index < -0.39 is 14.6 Å². The van der Waals surface area contributed by atoms with Crippen LogP contribution in [0.5, 0.6) is 5.75 Å². The Morgan fingerprint density at radius 2 is 1.92 bits per heavy atom. The van der Waals surface area contributed by atoms with E-state index in [0.717, 1.165) is 17.7 Å². The second-order valence-corrected chi connectivity index (χ2v) is 9.37. The van der Waals surface area contributed by atoms with Crippen molar-refractivity contribution in [3.63, 3.8) is 0 Å². The number of ether oxygens (including phenoxy) is 1. The van der Waals surface area contributed by atoms with E-state index in [-0.39, 0.29) is 30.5 Å². The molecule has 0 aliphatic carbocycles. The van der Waals surface area contributed by atoms with Crippen LogP contribution in [-0.2, 0) is 16.3 Å². The predicted molar refractivity (Wildman–Crippen MR) is 120 cm³/mol. The topological polar surface area (TPSA) is 79.8 Å². The first-order valence-corrected chi connectivity index (χ1v) is 10.3. The number of hydrogen-bond acceptors (Lipinski definition) is 4. The molecule has 2 N–H and O–H groups in total. The van der Waals surface area contributed by atoms with Crippen molar-refractivity contribution in [1.82, 2.24) is 10.6 Å². The van der Waals surface area contributed by atoms with Gasteiger partial charge in [0.1, 0.15) is 5.75 Å². The Morgan fingerprint density at radius 1 is 1.27 bits per heavy atom. The molecule has 1 aromatic carbocycles. The van der Waals surface area contributed by atoms with Gasteiger partial charge in [0.2, 0.25) is 0 Å². The number of methoxy groups -OCH3 is 1. The highest BCUT2D eigenvalue weighted by atomic mass is 127. The SMILES string of the molecule is CCNC(=NCC(C)(C)S(C)(=O)=O)NCCc1cc(C)ccc1OC.I. The van der Waals surface area contributed by atoms with Gasteiger partial charge in [-0.05, 0) is 45.7 Å². The number of halogens is 1. The lowest BCUT2D eigenvalue weighted by atomic mass is 10.1. The zero-order valence-electron chi connectivity index (χ0n) is 16.5. The number of aliphatic imine (C=N–C) groups is 1. The van der Waals surface area contributed by atoms with E-state index in [1.807, 2.05) is 19.1 Å². The van der Waals surface area contributed by atoms with Crippen molar-refractivity contribution >= 4 is 39.8 Å². The van der Waals surface area contributed by atoms with Crippen LogP contribution in [0.4, 0.5) is 0 Å². The van der Waals surface area contributed by atoms with E-state index in [1.54, 1.807) is 21.0 Å². The maximum absolute atomic E-state index is 11.8. The number of aryl methyl sites for hydroxylation is 1. The monoisotopic (exact) mass is 497 g/mol. The fourth-order valence-electron chi connectivity index (χ4n) is 2.15. The highest BCUT2D eigenvalue weighted by Crippen LogP contribution is 2.19. The number of nitrogens with zero attached hydrogens (tertiary/aromatic N) is 1. The second-order valence-electron chi connectivity index (χ2n) is 6.72. The van der Waals surface area contributed by atoms with Gasteiger partial charge >= 0.3 is 0 Å². The lowest BCUT2D eigenvalue weighted by molar-refractivity contribution is 0.409. The minimum Gasteiger partial charge on any atom is -0.496 e. The van der Waals surface area contributed by atoms with E-state index in [9.17, 15) is 8.42 Å². The van der Waals surface area contributed by atoms with Gasteiger partial charge in [0.05, 0.1) is 18.4 Å². The summed E-state index contributed by atoms with van der Waals surface area (Å²) in [6, 6.07) is 6.10. The quantitative estimate of drug-likeness (QED) is 0.328. The Labute approximate surface area is 175 Å². The molecule has 0 amide bonds. The number of rotatable bonds is 8. The summed E-state index contributed by atoms with van der Waals surface area (Å²) in [4.78, 5) is 4.43. The lowest BCUT2D eigenvalue weighted by Gasteiger charge is -2.21. The van der Waals surface area contributed by atoms with Crippen LogP contribution >= 0.6 is 24.0 Å². The van der Waals surface area contributed by atoms with Gasteiger partial charge in [0.25, 0.3) is 0 Å². The third kappa shape index (κ3) is 7.69. The van der Waals surface area contributed by atoms with Crippen molar-refractivity contribution in [2.24, 2.45) is 4.99 Å². The average Bonchev–Trinajstić information content (AvgIpc) is 2.52. The minimum atomic E-state index is -3.17. The molecule has 8 heteroatoms. The molecule has 0 saturated carbocycles. The molecule has 0 bridgehead atoms. The number of hydrogen-bond donors (Lipinski definition) is 2. The Hall–Kier alpha value is -1.03. The molecule has 0 atom stereocenters. The predicted octanol–water partition coefficient (Wildman–Crippen LogP) is 2.54. The van der Waals surface area contributed by atoms with Gasteiger partial charge in [-0.2, -0.15) is 0 Å². The van der Waals surface area contributed by atoms with Gasteiger partial charge < -0.3 is 15.4 Å². The smallest absolute Gasteiger partial charge is 0.191 e. The van der Waals surface area contributed by atoms with Crippen LogP contribution in [0.2, 0.25) is 0 Å². The average molecular weight is 497 g/mol. The third-order valence-electron chi connectivity index (χ3n) is 4.09. The first kappa shape index (κ1) is 25.0. The van der Waals surface area contributed by atoms with Gasteiger partial charge in [0.15, 0.2) is 15.8 Å². The summed E-state index contributed by atoms with van der Waals surface area (Å²) in [5, 5.41) is 6.40. The molecule has 1 aromatic rings. The Kier molecular flexibility index (Phi) is 10.5. The lowest BCUT2D eigenvalue weighted by Crippen LogP contribution is -2.41. The molecule has 0 fully saturated rings. The van der Waals surface area contributed by atoms with E-state index >= 15 is 0 Å². The van der Waals surface area contributed by atoms with E-state index in [1.165, 1.54) is 11.8 Å². The maximum atomic E-state index is 11.8. The van der Waals surface area contributed by atoms with Crippen LogP contribution in [0.25, 0.3) is 0 Å². The fraction of sp³-hybridized carbons (Fsp3) is 0.611. The summed E-state index contributed by atoms with van der Waals surface area (Å²) in [5.74, 6) is 1.48. The van der Waals surface area contributed by atoms with Crippen LogP contribution in [0.15, 0.2) is 23.2 Å². The van der Waals surface area contributed by atoms with Crippen molar-refractivity contribution in [2.75, 3.05) is 33.0 Å². The van der Waals surface area contributed by atoms with Crippen molar-refractivity contribution < 1.29 is 13.2 Å². The molecule has 0 unspecified atom stereocenters. The number of benzene rings is 1. The fourth-order valence-corrected chi connectivity index (χ4v) is 2.45. The Balaban J connectivity index is 0.00000625. The minimum absolute atomic E-state index is 0. The number of nitrogens with one attached hydrogen (secondary N) is 2. The summed E-state index contributed by atoms with van der Waals surface area (Å²) < 4.78 is 28.1. The molecule has 0 saturated heterocycles. The van der Waals surface area contributed by atoms with Gasteiger partial charge in [-0.1, -0.05) is 17.7 Å². The molecular weight excluding hydrogens is 465 g/mol. The first-order valence-electron chi connectivity index (χ1n) is 8.46. The molecular formula is C18H32IN3O3S. The maximum Gasteiger partial charge on any atom is 0.191 e. The van der Waals surface area contributed by atoms with Crippen molar-refractivity contribution in [1.29, 1.82) is 0 Å². The van der Waals surface area contributed by atoms with Gasteiger partial charge in [-0.3, -0.25) is 4.99 Å². The molecule has 0 spiro atoms. The molecule has 26 heavy (non-hydrogen) atoms. The van der Waals surface area contributed by atoms with Crippen LogP contribution in [0.3, 0.4) is 0 Å². The van der Waals surface area contributed by atoms with Crippen LogP contribution in [-0.4, -0.2) is 52.1 Å². The summed E-state index contributed by atoms with van der Waals surface area (Å²) in [7, 11) is -1.50. The summed E-state index contributed by atoms with van der Waals surface area (Å²) in [6.45, 7) is 8.98. The standard InChI is InChI=1S/C18H31N3O3S.HI/c1-7-19-17(21-13-18(3,4)25(6,22)23)20-11-10-15-12-14(2)8-9-16(15)24-5;/h8-9,12H,7,10-11,13H2,1-6H3,(H2,19,20,21);1H. The summed E-state index contributed by atoms with van der Waals surface area (Å²) in [5.41, 5.74) is 2.31. The molecule has 0 aliphatic heterocycles. The molecule has 150 valence electrons. The van der Waals surface area contributed by atoms with Crippen LogP contribution in [0.1, 0.15) is 31.9 Å². The van der Waals surface area contributed by atoms with Gasteiger partial charge in [-0.15, -0.1) is 24.0 Å². The highest BCUT2D eigenvalue weighted by Gasteiger charge is 2.29. The van der Waals surface area contributed by atoms with Crippen molar-refractivity contribution in [3.05, 3.63) is 29.3 Å². The molecule has 0 radical (unpaired) electrons. The molecule has 6 nitrogen and oxygen atoms in total. The van der Waals surface area contributed by atoms with E-state index in [4.69, 9.17) is 4.74 Å².